The van der Waals surface area contributed by atoms with E-state index in [2.05, 4.69) is 15.9 Å². The van der Waals surface area contributed by atoms with E-state index in [1.165, 1.54) is 6.07 Å². The molecule has 0 radical (unpaired) electrons. The standard InChI is InChI=1S/C14H9BrCl3F/c1-7-4-9(12(18)6-13(7)19)14(15)10-5-8(16)2-3-11(10)17/h2-6,14H,1H3. The summed E-state index contributed by atoms with van der Waals surface area (Å²) in [5.74, 6) is -0.328. The topological polar surface area (TPSA) is 0 Å². The third-order valence-corrected chi connectivity index (χ3v) is 4.68. The SMILES string of the molecule is Cc1cc(C(Br)c2cc(Cl)ccc2Cl)c(Cl)cc1F. The predicted octanol–water partition coefficient (Wildman–Crippen LogP) is 6.58. The molecule has 0 saturated heterocycles. The molecule has 5 heteroatoms. The molecular weight excluding hydrogens is 373 g/mol. The van der Waals surface area contributed by atoms with Crippen LogP contribution in [0.4, 0.5) is 4.39 Å². The van der Waals surface area contributed by atoms with Crippen molar-refractivity contribution in [3.8, 4) is 0 Å². The van der Waals surface area contributed by atoms with E-state index in [4.69, 9.17) is 34.8 Å². The molecule has 0 aromatic heterocycles. The van der Waals surface area contributed by atoms with Crippen LogP contribution in [0.25, 0.3) is 0 Å². The Hall–Kier alpha value is -0.280. The fraction of sp³-hybridized carbons (Fsp3) is 0.143. The van der Waals surface area contributed by atoms with Crippen molar-refractivity contribution < 1.29 is 4.39 Å². The van der Waals surface area contributed by atoms with Gasteiger partial charge in [-0.05, 0) is 47.9 Å². The molecule has 0 nitrogen and oxygen atoms in total. The molecule has 2 aromatic rings. The van der Waals surface area contributed by atoms with Gasteiger partial charge < -0.3 is 0 Å². The van der Waals surface area contributed by atoms with Crippen molar-refractivity contribution in [3.05, 3.63) is 67.9 Å². The summed E-state index contributed by atoms with van der Waals surface area (Å²) < 4.78 is 13.4. The molecule has 0 spiro atoms. The molecule has 19 heavy (non-hydrogen) atoms. The minimum Gasteiger partial charge on any atom is -0.207 e. The van der Waals surface area contributed by atoms with Gasteiger partial charge in [0.2, 0.25) is 0 Å². The van der Waals surface area contributed by atoms with Crippen molar-refractivity contribution in [2.24, 2.45) is 0 Å². The second-order valence-electron chi connectivity index (χ2n) is 4.15. The van der Waals surface area contributed by atoms with Crippen LogP contribution in [0.5, 0.6) is 0 Å². The molecule has 2 rings (SSSR count). The predicted molar refractivity (Wildman–Crippen MR) is 83.4 cm³/mol. The maximum absolute atomic E-state index is 13.4. The van der Waals surface area contributed by atoms with Gasteiger partial charge in [-0.15, -0.1) is 0 Å². The lowest BCUT2D eigenvalue weighted by Crippen LogP contribution is -1.97. The van der Waals surface area contributed by atoms with E-state index in [0.717, 1.165) is 11.1 Å². The van der Waals surface area contributed by atoms with Gasteiger partial charge in [0, 0.05) is 15.1 Å². The molecule has 0 N–H and O–H groups in total. The van der Waals surface area contributed by atoms with E-state index in [0.29, 0.717) is 20.6 Å². The van der Waals surface area contributed by atoms with Gasteiger partial charge in [0.25, 0.3) is 0 Å². The Kier molecular flexibility index (Phi) is 4.78. The molecule has 100 valence electrons. The van der Waals surface area contributed by atoms with Crippen LogP contribution in [0.2, 0.25) is 15.1 Å². The van der Waals surface area contributed by atoms with Crippen LogP contribution in [0.3, 0.4) is 0 Å². The summed E-state index contributed by atoms with van der Waals surface area (Å²) in [5.41, 5.74) is 2.08. The van der Waals surface area contributed by atoms with Gasteiger partial charge in [0.05, 0.1) is 4.83 Å². The monoisotopic (exact) mass is 380 g/mol. The van der Waals surface area contributed by atoms with Crippen molar-refractivity contribution in [2.75, 3.05) is 0 Å². The largest absolute Gasteiger partial charge is 0.207 e. The molecule has 1 atom stereocenters. The van der Waals surface area contributed by atoms with Gasteiger partial charge in [-0.2, -0.15) is 0 Å². The maximum Gasteiger partial charge on any atom is 0.127 e. The summed E-state index contributed by atoms with van der Waals surface area (Å²) in [7, 11) is 0. The average Bonchev–Trinajstić information content (AvgIpc) is 2.36. The summed E-state index contributed by atoms with van der Waals surface area (Å²) in [6, 6.07) is 8.20. The molecule has 0 fully saturated rings. The lowest BCUT2D eigenvalue weighted by atomic mass is 10.0. The Morgan fingerprint density at radius 2 is 1.63 bits per heavy atom. The maximum atomic E-state index is 13.4. The van der Waals surface area contributed by atoms with Gasteiger partial charge in [0.1, 0.15) is 5.82 Å². The van der Waals surface area contributed by atoms with Crippen LogP contribution in [0.1, 0.15) is 21.5 Å². The van der Waals surface area contributed by atoms with Crippen molar-refractivity contribution >= 4 is 50.7 Å². The van der Waals surface area contributed by atoms with E-state index < -0.39 is 0 Å². The molecule has 2 aromatic carbocycles. The minimum atomic E-state index is -0.328. The molecule has 0 heterocycles. The molecule has 0 aliphatic carbocycles. The second kappa shape index (κ2) is 6.01. The number of aryl methyl sites for hydroxylation is 1. The fourth-order valence-electron chi connectivity index (χ4n) is 1.75. The molecule has 0 amide bonds. The van der Waals surface area contributed by atoms with E-state index in [1.807, 2.05) is 0 Å². The first-order chi connectivity index (χ1) is 8.90. The summed E-state index contributed by atoms with van der Waals surface area (Å²) in [4.78, 5) is -0.245. The van der Waals surface area contributed by atoms with Gasteiger partial charge in [-0.3, -0.25) is 0 Å². The van der Waals surface area contributed by atoms with Crippen LogP contribution in [-0.2, 0) is 0 Å². The summed E-state index contributed by atoms with van der Waals surface area (Å²) >= 11 is 21.8. The molecule has 0 saturated carbocycles. The Labute approximate surface area is 134 Å². The average molecular weight is 382 g/mol. The first-order valence-corrected chi connectivity index (χ1v) is 7.49. The minimum absolute atomic E-state index is 0.245. The first kappa shape index (κ1) is 15.1. The van der Waals surface area contributed by atoms with Crippen molar-refractivity contribution in [2.45, 2.75) is 11.8 Å². The van der Waals surface area contributed by atoms with Crippen molar-refractivity contribution in [3.63, 3.8) is 0 Å². The smallest absolute Gasteiger partial charge is 0.127 e. The zero-order valence-corrected chi connectivity index (χ0v) is 13.7. The van der Waals surface area contributed by atoms with Crippen LogP contribution in [0.15, 0.2) is 30.3 Å². The zero-order valence-electron chi connectivity index (χ0n) is 9.85. The first-order valence-electron chi connectivity index (χ1n) is 5.44. The van der Waals surface area contributed by atoms with Crippen LogP contribution in [-0.4, -0.2) is 0 Å². The highest BCUT2D eigenvalue weighted by atomic mass is 79.9. The van der Waals surface area contributed by atoms with Gasteiger partial charge in [-0.1, -0.05) is 56.8 Å². The number of rotatable bonds is 2. The third-order valence-electron chi connectivity index (χ3n) is 2.78. The fourth-order valence-corrected chi connectivity index (χ4v) is 3.44. The van der Waals surface area contributed by atoms with Crippen molar-refractivity contribution in [1.29, 1.82) is 0 Å². The molecule has 0 aliphatic heterocycles. The van der Waals surface area contributed by atoms with Crippen LogP contribution >= 0.6 is 50.7 Å². The molecule has 1 unspecified atom stereocenters. The highest BCUT2D eigenvalue weighted by Gasteiger charge is 2.18. The number of alkyl halides is 1. The highest BCUT2D eigenvalue weighted by Crippen LogP contribution is 2.40. The van der Waals surface area contributed by atoms with E-state index in [1.54, 1.807) is 31.2 Å². The Bertz CT molecular complexity index is 628. The number of hydrogen-bond donors (Lipinski definition) is 0. The molecule has 0 aliphatic rings. The number of benzene rings is 2. The number of halogens is 5. The number of hydrogen-bond acceptors (Lipinski definition) is 0. The van der Waals surface area contributed by atoms with Crippen LogP contribution in [0, 0.1) is 12.7 Å². The Morgan fingerprint density at radius 3 is 2.32 bits per heavy atom. The molecular formula is C14H9BrCl3F. The van der Waals surface area contributed by atoms with Gasteiger partial charge >= 0.3 is 0 Å². The summed E-state index contributed by atoms with van der Waals surface area (Å²) in [5, 5.41) is 1.50. The third kappa shape index (κ3) is 3.25. The lowest BCUT2D eigenvalue weighted by Gasteiger charge is -2.15. The Morgan fingerprint density at radius 1 is 1.00 bits per heavy atom. The zero-order chi connectivity index (χ0) is 14.2. The molecule has 0 bridgehead atoms. The Balaban J connectivity index is 2.52. The summed E-state index contributed by atoms with van der Waals surface area (Å²) in [6.07, 6.45) is 0. The summed E-state index contributed by atoms with van der Waals surface area (Å²) in [6.45, 7) is 1.69. The normalized spacial score (nSPS) is 12.5. The van der Waals surface area contributed by atoms with Gasteiger partial charge in [-0.25, -0.2) is 4.39 Å². The quantitative estimate of drug-likeness (QED) is 0.515. The van der Waals surface area contributed by atoms with Crippen molar-refractivity contribution in [1.82, 2.24) is 0 Å². The van der Waals surface area contributed by atoms with Crippen LogP contribution < -0.4 is 0 Å². The van der Waals surface area contributed by atoms with E-state index >= 15 is 0 Å². The highest BCUT2D eigenvalue weighted by molar-refractivity contribution is 9.09. The van der Waals surface area contributed by atoms with E-state index in [-0.39, 0.29) is 10.6 Å². The van der Waals surface area contributed by atoms with E-state index in [9.17, 15) is 4.39 Å². The second-order valence-corrected chi connectivity index (χ2v) is 6.32. The van der Waals surface area contributed by atoms with Gasteiger partial charge in [0.15, 0.2) is 0 Å². The lowest BCUT2D eigenvalue weighted by molar-refractivity contribution is 0.618.